The van der Waals surface area contributed by atoms with Gasteiger partial charge < -0.3 is 20.6 Å². The fraction of sp³-hybridized carbons (Fsp3) is 0.391. The third-order valence-electron chi connectivity index (χ3n) is 5.29. The van der Waals surface area contributed by atoms with Crippen molar-refractivity contribution in [3.63, 3.8) is 0 Å². The lowest BCUT2D eigenvalue weighted by Crippen LogP contribution is -2.48. The van der Waals surface area contributed by atoms with E-state index in [1.165, 1.54) is 5.56 Å². The summed E-state index contributed by atoms with van der Waals surface area (Å²) in [5.41, 5.74) is 2.04. The molecule has 30 heavy (non-hydrogen) atoms. The number of hydrogen-bond acceptors (Lipinski definition) is 3. The van der Waals surface area contributed by atoms with Gasteiger partial charge in [-0.25, -0.2) is 4.99 Å². The molecule has 1 aliphatic rings. The first-order valence-corrected chi connectivity index (χ1v) is 10.2. The minimum Gasteiger partial charge on any atom is -0.508 e. The van der Waals surface area contributed by atoms with Crippen LogP contribution in [-0.4, -0.2) is 48.1 Å². The third-order valence-corrected chi connectivity index (χ3v) is 5.29. The summed E-state index contributed by atoms with van der Waals surface area (Å²) in [7, 11) is 0. The number of anilines is 1. The second-order valence-electron chi connectivity index (χ2n) is 7.49. The fourth-order valence-corrected chi connectivity index (χ4v) is 3.85. The van der Waals surface area contributed by atoms with Gasteiger partial charge in [0.1, 0.15) is 12.3 Å². The Balaban J connectivity index is 0.00000320. The minimum absolute atomic E-state index is 0. The van der Waals surface area contributed by atoms with Crippen molar-refractivity contribution in [2.75, 3.05) is 31.5 Å². The molecule has 1 heterocycles. The molecule has 162 valence electrons. The van der Waals surface area contributed by atoms with Gasteiger partial charge in [-0.2, -0.15) is 0 Å². The molecule has 1 fully saturated rings. The lowest BCUT2D eigenvalue weighted by atomic mass is 9.82. The van der Waals surface area contributed by atoms with Gasteiger partial charge in [-0.15, -0.1) is 24.0 Å². The monoisotopic (exact) mass is 522 g/mol. The second kappa shape index (κ2) is 11.8. The van der Waals surface area contributed by atoms with Crippen molar-refractivity contribution in [3.05, 3.63) is 60.2 Å². The molecule has 3 N–H and O–H groups in total. The zero-order chi connectivity index (χ0) is 20.6. The maximum Gasteiger partial charge on any atom is 0.246 e. The van der Waals surface area contributed by atoms with Gasteiger partial charge >= 0.3 is 0 Å². The number of phenols is 1. The molecule has 0 bridgehead atoms. The second-order valence-corrected chi connectivity index (χ2v) is 7.49. The van der Waals surface area contributed by atoms with E-state index in [0.717, 1.165) is 32.0 Å². The first-order valence-electron chi connectivity index (χ1n) is 10.2. The van der Waals surface area contributed by atoms with E-state index in [4.69, 9.17) is 0 Å². The van der Waals surface area contributed by atoms with Crippen LogP contribution in [0.25, 0.3) is 0 Å². The Morgan fingerprint density at radius 3 is 2.50 bits per heavy atom. The number of amides is 1. The van der Waals surface area contributed by atoms with E-state index < -0.39 is 0 Å². The Hall–Kier alpha value is -2.29. The molecule has 0 radical (unpaired) electrons. The maximum atomic E-state index is 12.3. The number of benzene rings is 2. The topological polar surface area (TPSA) is 77.0 Å². The van der Waals surface area contributed by atoms with Gasteiger partial charge in [0, 0.05) is 25.3 Å². The van der Waals surface area contributed by atoms with Crippen LogP contribution >= 0.6 is 24.0 Å². The van der Waals surface area contributed by atoms with Crippen molar-refractivity contribution >= 4 is 41.5 Å². The van der Waals surface area contributed by atoms with E-state index in [0.29, 0.717) is 17.5 Å². The molecule has 7 heteroatoms. The average molecular weight is 522 g/mol. The molecule has 0 aromatic heterocycles. The largest absolute Gasteiger partial charge is 0.508 e. The summed E-state index contributed by atoms with van der Waals surface area (Å²) in [6.07, 6.45) is 1.06. The maximum absolute atomic E-state index is 12.3. The van der Waals surface area contributed by atoms with Crippen LogP contribution in [0.15, 0.2) is 59.6 Å². The van der Waals surface area contributed by atoms with Crippen molar-refractivity contribution in [2.24, 2.45) is 10.9 Å². The highest BCUT2D eigenvalue weighted by atomic mass is 127. The Morgan fingerprint density at radius 2 is 1.87 bits per heavy atom. The highest BCUT2D eigenvalue weighted by molar-refractivity contribution is 14.0. The van der Waals surface area contributed by atoms with Crippen LogP contribution in [0.1, 0.15) is 31.7 Å². The fourth-order valence-electron chi connectivity index (χ4n) is 3.85. The highest BCUT2D eigenvalue weighted by Crippen LogP contribution is 2.32. The normalized spacial score (nSPS) is 19.0. The zero-order valence-electron chi connectivity index (χ0n) is 17.5. The van der Waals surface area contributed by atoms with Crippen molar-refractivity contribution in [2.45, 2.75) is 26.2 Å². The lowest BCUT2D eigenvalue weighted by Gasteiger charge is -2.39. The van der Waals surface area contributed by atoms with Gasteiger partial charge in [0.15, 0.2) is 5.96 Å². The molecule has 1 saturated heterocycles. The molecule has 1 aliphatic heterocycles. The molecule has 1 amide bonds. The summed E-state index contributed by atoms with van der Waals surface area (Å²) in [6, 6.07) is 17.1. The van der Waals surface area contributed by atoms with Gasteiger partial charge in [-0.1, -0.05) is 37.3 Å². The molecule has 0 spiro atoms. The number of carbonyl (C=O) groups is 1. The molecule has 0 aliphatic carbocycles. The lowest BCUT2D eigenvalue weighted by molar-refractivity contribution is -0.114. The number of likely N-dealkylation sites (tertiary alicyclic amines) is 1. The van der Waals surface area contributed by atoms with Crippen LogP contribution in [0.5, 0.6) is 5.75 Å². The number of rotatable bonds is 5. The van der Waals surface area contributed by atoms with Gasteiger partial charge in [0.05, 0.1) is 0 Å². The third kappa shape index (κ3) is 6.62. The van der Waals surface area contributed by atoms with Crippen LogP contribution in [0.3, 0.4) is 0 Å². The van der Waals surface area contributed by atoms with E-state index in [9.17, 15) is 9.90 Å². The zero-order valence-corrected chi connectivity index (χ0v) is 19.9. The summed E-state index contributed by atoms with van der Waals surface area (Å²) in [4.78, 5) is 19.1. The first kappa shape index (κ1) is 24.0. The molecule has 6 nitrogen and oxygen atoms in total. The van der Waals surface area contributed by atoms with Crippen molar-refractivity contribution in [3.8, 4) is 5.75 Å². The van der Waals surface area contributed by atoms with Crippen LogP contribution in [-0.2, 0) is 4.79 Å². The van der Waals surface area contributed by atoms with Crippen LogP contribution < -0.4 is 10.6 Å². The number of carbonyl (C=O) groups excluding carboxylic acids is 1. The number of piperidine rings is 1. The predicted octanol–water partition coefficient (Wildman–Crippen LogP) is 4.04. The number of halogens is 1. The highest BCUT2D eigenvalue weighted by Gasteiger charge is 2.28. The van der Waals surface area contributed by atoms with Gasteiger partial charge in [-0.05, 0) is 55.0 Å². The van der Waals surface area contributed by atoms with Crippen LogP contribution in [0.4, 0.5) is 5.69 Å². The quantitative estimate of drug-likeness (QED) is 0.240. The van der Waals surface area contributed by atoms with Crippen molar-refractivity contribution < 1.29 is 9.90 Å². The number of aliphatic imine (C=N–C) groups is 1. The van der Waals surface area contributed by atoms with E-state index in [-0.39, 0.29) is 42.2 Å². The van der Waals surface area contributed by atoms with Gasteiger partial charge in [0.25, 0.3) is 0 Å². The molecule has 2 atom stereocenters. The Kier molecular flexibility index (Phi) is 9.42. The Bertz CT molecular complexity index is 827. The number of guanidine groups is 1. The summed E-state index contributed by atoms with van der Waals surface area (Å²) in [5, 5.41) is 15.5. The number of nitrogens with one attached hydrogen (secondary N) is 2. The van der Waals surface area contributed by atoms with E-state index in [2.05, 4.69) is 57.8 Å². The average Bonchev–Trinajstić information content (AvgIpc) is 2.73. The van der Waals surface area contributed by atoms with Crippen molar-refractivity contribution in [1.82, 2.24) is 10.2 Å². The molecular formula is C23H31IN4O2. The molecule has 2 aromatic carbocycles. The Labute approximate surface area is 195 Å². The van der Waals surface area contributed by atoms with Gasteiger partial charge in [0.2, 0.25) is 5.91 Å². The summed E-state index contributed by atoms with van der Waals surface area (Å²) < 4.78 is 0. The number of aromatic hydroxyl groups is 1. The first-order chi connectivity index (χ1) is 14.1. The van der Waals surface area contributed by atoms with E-state index in [1.807, 2.05) is 6.92 Å². The molecule has 3 rings (SSSR count). The van der Waals surface area contributed by atoms with Crippen LogP contribution in [0, 0.1) is 5.92 Å². The number of nitrogens with zero attached hydrogens (tertiary/aromatic N) is 2. The summed E-state index contributed by atoms with van der Waals surface area (Å²) in [5.74, 6) is 1.82. The molecule has 0 saturated carbocycles. The standard InChI is InChI=1S/C23H30N4O2.HI/c1-3-24-23(25-15-22(29)26-19-9-11-20(28)12-10-19)27-14-13-21(17(2)16-27)18-7-5-4-6-8-18;/h4-12,17,21,28H,3,13-16H2,1-2H3,(H,24,25)(H,26,29);1H. The smallest absolute Gasteiger partial charge is 0.246 e. The SMILES string of the molecule is CCNC(=NCC(=O)Nc1ccc(O)cc1)N1CCC(c2ccccc2)C(C)C1.I. The van der Waals surface area contributed by atoms with Crippen LogP contribution in [0.2, 0.25) is 0 Å². The van der Waals surface area contributed by atoms with Gasteiger partial charge in [-0.3, -0.25) is 4.79 Å². The number of hydrogen-bond donors (Lipinski definition) is 3. The number of phenolic OH excluding ortho intramolecular Hbond substituents is 1. The Morgan fingerprint density at radius 1 is 1.17 bits per heavy atom. The summed E-state index contributed by atoms with van der Waals surface area (Å²) >= 11 is 0. The van der Waals surface area contributed by atoms with E-state index >= 15 is 0 Å². The minimum atomic E-state index is -0.182. The van der Waals surface area contributed by atoms with Crippen molar-refractivity contribution in [1.29, 1.82) is 0 Å². The predicted molar refractivity (Wildman–Crippen MR) is 133 cm³/mol. The molecule has 2 unspecified atom stereocenters. The molecular weight excluding hydrogens is 491 g/mol. The van der Waals surface area contributed by atoms with E-state index in [1.54, 1.807) is 24.3 Å². The molecule has 2 aromatic rings. The summed E-state index contributed by atoms with van der Waals surface area (Å²) in [6.45, 7) is 6.94.